The first-order valence-electron chi connectivity index (χ1n) is 9.86. The Balaban J connectivity index is 1.24. The molecule has 0 radical (unpaired) electrons. The van der Waals surface area contributed by atoms with Crippen molar-refractivity contribution < 1.29 is 9.53 Å². The van der Waals surface area contributed by atoms with E-state index in [1.54, 1.807) is 11.3 Å². The monoisotopic (exact) mass is 370 g/mol. The number of nitrogens with one attached hydrogen (secondary N) is 1. The highest BCUT2D eigenvalue weighted by Crippen LogP contribution is 2.38. The van der Waals surface area contributed by atoms with Crippen LogP contribution in [0, 0.1) is 17.8 Å². The molecule has 1 aromatic carbocycles. The van der Waals surface area contributed by atoms with Crippen LogP contribution in [0.4, 0.5) is 0 Å². The predicted molar refractivity (Wildman–Crippen MR) is 105 cm³/mol. The smallest absolute Gasteiger partial charge is 0.261 e. The van der Waals surface area contributed by atoms with Crippen molar-refractivity contribution in [2.45, 2.75) is 25.3 Å². The fraction of sp³-hybridized carbons (Fsp3) is 0.571. The van der Waals surface area contributed by atoms with Gasteiger partial charge < -0.3 is 15.0 Å². The first kappa shape index (κ1) is 16.7. The molecule has 0 spiro atoms. The summed E-state index contributed by atoms with van der Waals surface area (Å²) in [7, 11) is 0. The molecule has 3 fully saturated rings. The van der Waals surface area contributed by atoms with Gasteiger partial charge in [-0.05, 0) is 54.5 Å². The van der Waals surface area contributed by atoms with Gasteiger partial charge in [0.2, 0.25) is 0 Å². The molecular formula is C21H26N2O2S. The van der Waals surface area contributed by atoms with Crippen molar-refractivity contribution in [1.82, 2.24) is 10.2 Å². The molecule has 2 aromatic rings. The van der Waals surface area contributed by atoms with Crippen molar-refractivity contribution in [3.63, 3.8) is 0 Å². The van der Waals surface area contributed by atoms with Crippen molar-refractivity contribution in [2.75, 3.05) is 32.8 Å². The van der Waals surface area contributed by atoms with Crippen LogP contribution in [0.15, 0.2) is 30.3 Å². The zero-order valence-electron chi connectivity index (χ0n) is 15.0. The van der Waals surface area contributed by atoms with Crippen LogP contribution in [0.5, 0.6) is 0 Å². The van der Waals surface area contributed by atoms with Crippen LogP contribution < -0.4 is 5.32 Å². The van der Waals surface area contributed by atoms with Crippen LogP contribution in [-0.2, 0) is 4.74 Å². The molecular weight excluding hydrogens is 344 g/mol. The van der Waals surface area contributed by atoms with E-state index < -0.39 is 0 Å². The summed E-state index contributed by atoms with van der Waals surface area (Å²) in [5.41, 5.74) is 0. The lowest BCUT2D eigenvalue weighted by molar-refractivity contribution is 0.0801. The molecule has 4 atom stereocenters. The highest BCUT2D eigenvalue weighted by atomic mass is 32.1. The molecule has 2 aliphatic heterocycles. The number of ether oxygens (including phenoxy) is 1. The summed E-state index contributed by atoms with van der Waals surface area (Å²) in [5.74, 6) is 2.04. The van der Waals surface area contributed by atoms with Crippen LogP contribution in [0.1, 0.15) is 28.9 Å². The summed E-state index contributed by atoms with van der Waals surface area (Å²) >= 11 is 1.60. The summed E-state index contributed by atoms with van der Waals surface area (Å²) in [6.45, 7) is 5.29. The minimum Gasteiger partial charge on any atom is -0.381 e. The van der Waals surface area contributed by atoms with E-state index in [1.165, 1.54) is 35.9 Å². The second-order valence-corrected chi connectivity index (χ2v) is 9.28. The minimum atomic E-state index is 0.116. The van der Waals surface area contributed by atoms with Gasteiger partial charge in [-0.15, -0.1) is 11.3 Å². The molecule has 1 aliphatic carbocycles. The standard InChI is InChI=1S/C21H26N2O2S/c24-21(19-9-15-3-1-2-4-18(15)26-19)22-20-16-5-6-17(20)12-23(11-16)10-14-7-8-25-13-14/h1-4,9,14,16-17,20H,5-8,10-13H2,(H,22,24)/t14?,16-,17+,20?. The highest BCUT2D eigenvalue weighted by molar-refractivity contribution is 7.20. The highest BCUT2D eigenvalue weighted by Gasteiger charge is 2.43. The average Bonchev–Trinajstić information content (AvgIpc) is 3.34. The molecule has 26 heavy (non-hydrogen) atoms. The SMILES string of the molecule is O=C(NC1[C@@H]2CC[C@H]1CN(CC1CCOC1)C2)c1cc2ccccc2s1. The van der Waals surface area contributed by atoms with Crippen molar-refractivity contribution in [3.8, 4) is 0 Å². The maximum absolute atomic E-state index is 12.8. The number of thiophene rings is 1. The van der Waals surface area contributed by atoms with E-state index in [2.05, 4.69) is 22.3 Å². The summed E-state index contributed by atoms with van der Waals surface area (Å²) in [4.78, 5) is 16.3. The van der Waals surface area contributed by atoms with Crippen LogP contribution in [0.3, 0.4) is 0 Å². The zero-order valence-corrected chi connectivity index (χ0v) is 15.8. The van der Waals surface area contributed by atoms with E-state index in [-0.39, 0.29) is 5.91 Å². The van der Waals surface area contributed by atoms with Gasteiger partial charge in [-0.25, -0.2) is 0 Å². The minimum absolute atomic E-state index is 0.116. The second kappa shape index (κ2) is 6.95. The Morgan fingerprint density at radius 1 is 1.19 bits per heavy atom. The van der Waals surface area contributed by atoms with E-state index in [0.29, 0.717) is 23.8 Å². The van der Waals surface area contributed by atoms with E-state index in [1.807, 2.05) is 18.2 Å². The molecule has 1 N–H and O–H groups in total. The molecule has 3 heterocycles. The Hall–Kier alpha value is -1.43. The van der Waals surface area contributed by atoms with Gasteiger partial charge >= 0.3 is 0 Å². The number of benzene rings is 1. The van der Waals surface area contributed by atoms with Gasteiger partial charge in [0.05, 0.1) is 11.5 Å². The fourth-order valence-corrected chi connectivity index (χ4v) is 6.08. The number of fused-ring (bicyclic) bond motifs is 3. The van der Waals surface area contributed by atoms with Crippen molar-refractivity contribution in [2.24, 2.45) is 17.8 Å². The van der Waals surface area contributed by atoms with Gasteiger partial charge in [0.1, 0.15) is 0 Å². The Kier molecular flexibility index (Phi) is 4.47. The lowest BCUT2D eigenvalue weighted by Crippen LogP contribution is -2.53. The zero-order chi connectivity index (χ0) is 17.5. The van der Waals surface area contributed by atoms with Gasteiger partial charge in [-0.3, -0.25) is 4.79 Å². The van der Waals surface area contributed by atoms with Gasteiger partial charge in [0.15, 0.2) is 0 Å². The molecule has 2 saturated heterocycles. The molecule has 3 aliphatic rings. The lowest BCUT2D eigenvalue weighted by atomic mass is 9.91. The Bertz CT molecular complexity index is 751. The number of likely N-dealkylation sites (tertiary alicyclic amines) is 1. The van der Waals surface area contributed by atoms with Crippen LogP contribution in [0.25, 0.3) is 10.1 Å². The Labute approximate surface area is 158 Å². The first-order chi connectivity index (χ1) is 12.8. The molecule has 2 unspecified atom stereocenters. The first-order valence-corrected chi connectivity index (χ1v) is 10.7. The van der Waals surface area contributed by atoms with E-state index in [4.69, 9.17) is 4.74 Å². The van der Waals surface area contributed by atoms with E-state index in [9.17, 15) is 4.79 Å². The van der Waals surface area contributed by atoms with Crippen molar-refractivity contribution in [1.29, 1.82) is 0 Å². The molecule has 2 bridgehead atoms. The molecule has 4 nitrogen and oxygen atoms in total. The average molecular weight is 371 g/mol. The van der Waals surface area contributed by atoms with Crippen molar-refractivity contribution in [3.05, 3.63) is 35.2 Å². The second-order valence-electron chi connectivity index (χ2n) is 8.19. The van der Waals surface area contributed by atoms with Gasteiger partial charge in [0.25, 0.3) is 5.91 Å². The maximum Gasteiger partial charge on any atom is 0.261 e. The third kappa shape index (κ3) is 3.17. The largest absolute Gasteiger partial charge is 0.381 e. The number of rotatable bonds is 4. The molecule has 5 rings (SSSR count). The molecule has 138 valence electrons. The summed E-state index contributed by atoms with van der Waals surface area (Å²) in [5, 5.41) is 4.56. The van der Waals surface area contributed by atoms with Crippen LogP contribution in [0.2, 0.25) is 0 Å². The Morgan fingerprint density at radius 2 is 2.00 bits per heavy atom. The molecule has 5 heteroatoms. The summed E-state index contributed by atoms with van der Waals surface area (Å²) < 4.78 is 6.72. The molecule has 1 amide bonds. The van der Waals surface area contributed by atoms with Crippen molar-refractivity contribution >= 4 is 27.3 Å². The summed E-state index contributed by atoms with van der Waals surface area (Å²) in [6.07, 6.45) is 3.71. The molecule has 1 aromatic heterocycles. The summed E-state index contributed by atoms with van der Waals surface area (Å²) in [6, 6.07) is 10.6. The topological polar surface area (TPSA) is 41.6 Å². The number of nitrogens with zero attached hydrogens (tertiary/aromatic N) is 1. The lowest BCUT2D eigenvalue weighted by Gasteiger charge is -2.39. The molecule has 1 saturated carbocycles. The van der Waals surface area contributed by atoms with Crippen LogP contribution >= 0.6 is 11.3 Å². The van der Waals surface area contributed by atoms with Gasteiger partial charge in [-0.1, -0.05) is 18.2 Å². The fourth-order valence-electron chi connectivity index (χ4n) is 5.11. The third-order valence-electron chi connectivity index (χ3n) is 6.40. The quantitative estimate of drug-likeness (QED) is 0.897. The number of piperidine rings is 1. The predicted octanol–water partition coefficient (Wildman–Crippen LogP) is 3.38. The maximum atomic E-state index is 12.8. The number of carbonyl (C=O) groups excluding carboxylic acids is 1. The number of hydrogen-bond donors (Lipinski definition) is 1. The Morgan fingerprint density at radius 3 is 2.73 bits per heavy atom. The van der Waals surface area contributed by atoms with Crippen LogP contribution in [-0.4, -0.2) is 49.7 Å². The van der Waals surface area contributed by atoms with E-state index in [0.717, 1.165) is 31.2 Å². The number of hydrogen-bond acceptors (Lipinski definition) is 4. The van der Waals surface area contributed by atoms with E-state index >= 15 is 0 Å². The van der Waals surface area contributed by atoms with Gasteiger partial charge in [0, 0.05) is 37.0 Å². The third-order valence-corrected chi connectivity index (χ3v) is 7.51. The normalized spacial score (nSPS) is 31.5. The number of carbonyl (C=O) groups is 1. The van der Waals surface area contributed by atoms with Gasteiger partial charge in [-0.2, -0.15) is 0 Å². The number of amides is 1.